The van der Waals surface area contributed by atoms with Gasteiger partial charge in [0.15, 0.2) is 0 Å². The molecule has 0 bridgehead atoms. The Hall–Kier alpha value is -1.07. The zero-order chi connectivity index (χ0) is 11.5. The van der Waals surface area contributed by atoms with Crippen molar-refractivity contribution in [3.63, 3.8) is 0 Å². The van der Waals surface area contributed by atoms with Crippen LogP contribution in [0.15, 0.2) is 29.1 Å². The zero-order valence-electron chi connectivity index (χ0n) is 8.61. The molecule has 4 nitrogen and oxygen atoms in total. The normalized spacial score (nSPS) is 10.4. The van der Waals surface area contributed by atoms with Gasteiger partial charge < -0.3 is 5.32 Å². The predicted octanol–water partition coefficient (Wildman–Crippen LogP) is 3.46. The van der Waals surface area contributed by atoms with Crippen molar-refractivity contribution >= 4 is 39.0 Å². The first-order chi connectivity index (χ1) is 7.69. The first kappa shape index (κ1) is 11.4. The van der Waals surface area contributed by atoms with E-state index in [2.05, 4.69) is 31.3 Å². The lowest BCUT2D eigenvalue weighted by atomic mass is 10.4. The highest BCUT2D eigenvalue weighted by atomic mass is 79.9. The molecule has 84 valence electrons. The van der Waals surface area contributed by atoms with Crippen molar-refractivity contribution in [1.29, 1.82) is 0 Å². The number of aryl methyl sites for hydroxylation is 1. The number of hydrogen-bond donors (Lipinski definition) is 1. The standard InChI is InChI=1S/C10H10BrClN4/c1-2-16-6-8(5-14-16)15-10-9(12)3-7(11)4-13-10/h3-6H,2H2,1H3,(H,13,15). The molecule has 16 heavy (non-hydrogen) atoms. The second kappa shape index (κ2) is 4.84. The minimum absolute atomic E-state index is 0.568. The highest BCUT2D eigenvalue weighted by Crippen LogP contribution is 2.25. The molecule has 2 aromatic heterocycles. The first-order valence-corrected chi connectivity index (χ1v) is 5.96. The van der Waals surface area contributed by atoms with Crippen LogP contribution in [0, 0.1) is 0 Å². The summed E-state index contributed by atoms with van der Waals surface area (Å²) in [6.45, 7) is 2.87. The summed E-state index contributed by atoms with van der Waals surface area (Å²) in [6.07, 6.45) is 5.34. The van der Waals surface area contributed by atoms with Gasteiger partial charge in [0.1, 0.15) is 5.82 Å². The van der Waals surface area contributed by atoms with Gasteiger partial charge >= 0.3 is 0 Å². The number of nitrogens with zero attached hydrogens (tertiary/aromatic N) is 3. The van der Waals surface area contributed by atoms with Gasteiger partial charge in [-0.2, -0.15) is 5.10 Å². The largest absolute Gasteiger partial charge is 0.336 e. The third-order valence-corrected chi connectivity index (χ3v) is 2.75. The summed E-state index contributed by atoms with van der Waals surface area (Å²) in [5.41, 5.74) is 0.874. The fourth-order valence-corrected chi connectivity index (χ4v) is 1.92. The summed E-state index contributed by atoms with van der Waals surface area (Å²) in [5, 5.41) is 7.83. The van der Waals surface area contributed by atoms with Gasteiger partial charge in [0.05, 0.1) is 16.9 Å². The summed E-state index contributed by atoms with van der Waals surface area (Å²) < 4.78 is 2.68. The molecular weight excluding hydrogens is 291 g/mol. The maximum Gasteiger partial charge on any atom is 0.149 e. The molecule has 0 aliphatic rings. The molecule has 2 aromatic rings. The van der Waals surface area contributed by atoms with E-state index in [1.54, 1.807) is 18.5 Å². The summed E-state index contributed by atoms with van der Waals surface area (Å²) in [5.74, 6) is 0.625. The quantitative estimate of drug-likeness (QED) is 0.944. The number of anilines is 2. The van der Waals surface area contributed by atoms with Gasteiger partial charge in [-0.1, -0.05) is 11.6 Å². The van der Waals surface area contributed by atoms with Crippen molar-refractivity contribution in [2.75, 3.05) is 5.32 Å². The Kier molecular flexibility index (Phi) is 3.46. The zero-order valence-corrected chi connectivity index (χ0v) is 11.0. The molecule has 2 heterocycles. The minimum Gasteiger partial charge on any atom is -0.336 e. The molecule has 6 heteroatoms. The van der Waals surface area contributed by atoms with E-state index in [1.807, 2.05) is 17.8 Å². The molecule has 0 radical (unpaired) electrons. The monoisotopic (exact) mass is 300 g/mol. The van der Waals surface area contributed by atoms with E-state index >= 15 is 0 Å². The maximum atomic E-state index is 6.04. The molecule has 0 aliphatic heterocycles. The summed E-state index contributed by atoms with van der Waals surface area (Å²) in [4.78, 5) is 4.18. The first-order valence-electron chi connectivity index (χ1n) is 4.79. The fourth-order valence-electron chi connectivity index (χ4n) is 1.24. The predicted molar refractivity (Wildman–Crippen MR) is 68.1 cm³/mol. The van der Waals surface area contributed by atoms with Gasteiger partial charge in [-0.3, -0.25) is 4.68 Å². The number of rotatable bonds is 3. The fraction of sp³-hybridized carbons (Fsp3) is 0.200. The van der Waals surface area contributed by atoms with Crippen molar-refractivity contribution in [2.45, 2.75) is 13.5 Å². The Morgan fingerprint density at radius 1 is 1.50 bits per heavy atom. The molecule has 0 spiro atoms. The van der Waals surface area contributed by atoms with E-state index in [9.17, 15) is 0 Å². The minimum atomic E-state index is 0.568. The SMILES string of the molecule is CCn1cc(Nc2ncc(Br)cc2Cl)cn1. The van der Waals surface area contributed by atoms with Crippen LogP contribution in [0.4, 0.5) is 11.5 Å². The second-order valence-electron chi connectivity index (χ2n) is 3.19. The second-order valence-corrected chi connectivity index (χ2v) is 4.52. The Balaban J connectivity index is 2.20. The molecule has 1 N–H and O–H groups in total. The van der Waals surface area contributed by atoms with Crippen LogP contribution in [0.5, 0.6) is 0 Å². The Labute approximate surface area is 107 Å². The van der Waals surface area contributed by atoms with Crippen molar-refractivity contribution in [2.24, 2.45) is 0 Å². The van der Waals surface area contributed by atoms with Crippen LogP contribution in [0.2, 0.25) is 5.02 Å². The smallest absolute Gasteiger partial charge is 0.149 e. The van der Waals surface area contributed by atoms with Crippen LogP contribution in [0.1, 0.15) is 6.92 Å². The van der Waals surface area contributed by atoms with Crippen LogP contribution in [-0.2, 0) is 6.54 Å². The molecular formula is C10H10BrClN4. The third kappa shape index (κ3) is 2.54. The number of nitrogens with one attached hydrogen (secondary N) is 1. The lowest BCUT2D eigenvalue weighted by Gasteiger charge is -2.04. The average molecular weight is 302 g/mol. The van der Waals surface area contributed by atoms with E-state index in [0.29, 0.717) is 10.8 Å². The molecule has 0 saturated heterocycles. The summed E-state index contributed by atoms with van der Waals surface area (Å²) in [6, 6.07) is 1.79. The molecule has 2 rings (SSSR count). The van der Waals surface area contributed by atoms with E-state index in [1.165, 1.54) is 0 Å². The van der Waals surface area contributed by atoms with Crippen LogP contribution >= 0.6 is 27.5 Å². The lowest BCUT2D eigenvalue weighted by molar-refractivity contribution is 0.660. The van der Waals surface area contributed by atoms with E-state index < -0.39 is 0 Å². The van der Waals surface area contributed by atoms with Gasteiger partial charge in [-0.15, -0.1) is 0 Å². The maximum absolute atomic E-state index is 6.04. The van der Waals surface area contributed by atoms with Crippen LogP contribution in [0.25, 0.3) is 0 Å². The van der Waals surface area contributed by atoms with Gasteiger partial charge in [-0.25, -0.2) is 4.98 Å². The number of pyridine rings is 1. The van der Waals surface area contributed by atoms with Gasteiger partial charge in [0.25, 0.3) is 0 Å². The van der Waals surface area contributed by atoms with Crippen molar-refractivity contribution in [3.8, 4) is 0 Å². The van der Waals surface area contributed by atoms with Crippen LogP contribution in [-0.4, -0.2) is 14.8 Å². The van der Waals surface area contributed by atoms with Crippen molar-refractivity contribution in [3.05, 3.63) is 34.2 Å². The molecule has 0 atom stereocenters. The topological polar surface area (TPSA) is 42.7 Å². The van der Waals surface area contributed by atoms with Crippen LogP contribution in [0.3, 0.4) is 0 Å². The molecule has 0 aliphatic carbocycles. The van der Waals surface area contributed by atoms with E-state index in [-0.39, 0.29) is 0 Å². The molecule has 0 fully saturated rings. The summed E-state index contributed by atoms with van der Waals surface area (Å²) in [7, 11) is 0. The highest BCUT2D eigenvalue weighted by molar-refractivity contribution is 9.10. The van der Waals surface area contributed by atoms with Crippen LogP contribution < -0.4 is 5.32 Å². The van der Waals surface area contributed by atoms with E-state index in [0.717, 1.165) is 16.7 Å². The van der Waals surface area contributed by atoms with Crippen molar-refractivity contribution in [1.82, 2.24) is 14.8 Å². The molecule has 0 unspecified atom stereocenters. The molecule has 0 aromatic carbocycles. The Morgan fingerprint density at radius 3 is 2.94 bits per heavy atom. The van der Waals surface area contributed by atoms with E-state index in [4.69, 9.17) is 11.6 Å². The van der Waals surface area contributed by atoms with Gasteiger partial charge in [-0.05, 0) is 28.9 Å². The van der Waals surface area contributed by atoms with Gasteiger partial charge in [0, 0.05) is 23.4 Å². The third-order valence-electron chi connectivity index (χ3n) is 2.03. The number of hydrogen-bond acceptors (Lipinski definition) is 3. The Bertz CT molecular complexity index is 497. The number of aromatic nitrogens is 3. The number of halogens is 2. The van der Waals surface area contributed by atoms with Crippen molar-refractivity contribution < 1.29 is 0 Å². The molecule has 0 amide bonds. The lowest BCUT2D eigenvalue weighted by Crippen LogP contribution is -1.94. The Morgan fingerprint density at radius 2 is 2.31 bits per heavy atom. The summed E-state index contributed by atoms with van der Waals surface area (Å²) >= 11 is 9.34. The highest BCUT2D eigenvalue weighted by Gasteiger charge is 2.04. The molecule has 0 saturated carbocycles. The van der Waals surface area contributed by atoms with Gasteiger partial charge in [0.2, 0.25) is 0 Å². The average Bonchev–Trinajstić information content (AvgIpc) is 2.70.